The zero-order valence-electron chi connectivity index (χ0n) is 14.1. The van der Waals surface area contributed by atoms with E-state index in [1.807, 2.05) is 42.5 Å². The van der Waals surface area contributed by atoms with Gasteiger partial charge in [-0.3, -0.25) is 4.79 Å². The van der Waals surface area contributed by atoms with Crippen molar-refractivity contribution in [2.24, 2.45) is 0 Å². The number of H-pyrrole nitrogens is 1. The second-order valence-electron chi connectivity index (χ2n) is 6.17. The summed E-state index contributed by atoms with van der Waals surface area (Å²) in [6, 6.07) is 24.7. The summed E-state index contributed by atoms with van der Waals surface area (Å²) < 4.78 is 0. The van der Waals surface area contributed by atoms with Gasteiger partial charge in [0, 0.05) is 27.7 Å². The van der Waals surface area contributed by atoms with E-state index in [0.29, 0.717) is 5.56 Å². The maximum Gasteiger partial charge on any atom is 0.228 e. The number of carbonyl (C=O) groups is 1. The van der Waals surface area contributed by atoms with Crippen molar-refractivity contribution in [3.8, 4) is 17.0 Å². The van der Waals surface area contributed by atoms with E-state index < -0.39 is 0 Å². The molecule has 0 radical (unpaired) electrons. The predicted octanol–water partition coefficient (Wildman–Crippen LogP) is 4.72. The molecule has 3 N–H and O–H groups in total. The van der Waals surface area contributed by atoms with Gasteiger partial charge in [-0.25, -0.2) is 0 Å². The van der Waals surface area contributed by atoms with Crippen LogP contribution < -0.4 is 5.32 Å². The number of aromatic amines is 1. The smallest absolute Gasteiger partial charge is 0.228 e. The first kappa shape index (κ1) is 16.0. The van der Waals surface area contributed by atoms with Crippen LogP contribution >= 0.6 is 0 Å². The molecule has 0 saturated heterocycles. The number of rotatable bonds is 4. The zero-order chi connectivity index (χ0) is 17.9. The summed E-state index contributed by atoms with van der Waals surface area (Å²) in [4.78, 5) is 15.9. The lowest BCUT2D eigenvalue weighted by Crippen LogP contribution is -2.15. The third-order valence-corrected chi connectivity index (χ3v) is 4.36. The highest BCUT2D eigenvalue weighted by atomic mass is 16.3. The fourth-order valence-corrected chi connectivity index (χ4v) is 3.07. The van der Waals surface area contributed by atoms with Gasteiger partial charge >= 0.3 is 0 Å². The number of phenols is 1. The number of anilines is 1. The topological polar surface area (TPSA) is 65.1 Å². The molecule has 0 atom stereocenters. The average molecular weight is 342 g/mol. The molecule has 0 fully saturated rings. The molecule has 1 amide bonds. The Morgan fingerprint density at radius 3 is 2.50 bits per heavy atom. The molecule has 3 aromatic carbocycles. The Kier molecular flexibility index (Phi) is 4.15. The predicted molar refractivity (Wildman–Crippen MR) is 104 cm³/mol. The van der Waals surface area contributed by atoms with E-state index in [9.17, 15) is 9.90 Å². The van der Waals surface area contributed by atoms with Crippen LogP contribution in [-0.4, -0.2) is 16.0 Å². The van der Waals surface area contributed by atoms with Crippen LogP contribution in [-0.2, 0) is 11.2 Å². The van der Waals surface area contributed by atoms with E-state index in [0.717, 1.165) is 27.8 Å². The van der Waals surface area contributed by atoms with E-state index in [1.54, 1.807) is 24.3 Å². The zero-order valence-corrected chi connectivity index (χ0v) is 14.1. The molecule has 4 aromatic rings. The van der Waals surface area contributed by atoms with Gasteiger partial charge in [0.05, 0.1) is 12.1 Å². The highest BCUT2D eigenvalue weighted by Gasteiger charge is 2.12. The van der Waals surface area contributed by atoms with Gasteiger partial charge in [0.25, 0.3) is 0 Å². The van der Waals surface area contributed by atoms with Crippen molar-refractivity contribution in [3.05, 3.63) is 84.4 Å². The van der Waals surface area contributed by atoms with Crippen LogP contribution in [0.3, 0.4) is 0 Å². The second kappa shape index (κ2) is 6.76. The van der Waals surface area contributed by atoms with Crippen molar-refractivity contribution in [1.82, 2.24) is 4.98 Å². The van der Waals surface area contributed by atoms with Crippen LogP contribution in [0.5, 0.6) is 5.75 Å². The Morgan fingerprint density at radius 2 is 1.65 bits per heavy atom. The van der Waals surface area contributed by atoms with Gasteiger partial charge in [0.15, 0.2) is 0 Å². The number of phenolic OH excluding ortho intramolecular Hbond substituents is 1. The van der Waals surface area contributed by atoms with Crippen LogP contribution in [0, 0.1) is 0 Å². The number of benzene rings is 3. The van der Waals surface area contributed by atoms with Gasteiger partial charge in [0.2, 0.25) is 5.91 Å². The molecule has 0 saturated carbocycles. The SMILES string of the molecule is O=C(Cc1ccccc1O)Nc1ccccc1-c1cc2ccccc2[nH]1. The third kappa shape index (κ3) is 3.17. The third-order valence-electron chi connectivity index (χ3n) is 4.36. The average Bonchev–Trinajstić information content (AvgIpc) is 3.08. The molecular weight excluding hydrogens is 324 g/mol. The van der Waals surface area contributed by atoms with Gasteiger partial charge < -0.3 is 15.4 Å². The first-order valence-corrected chi connectivity index (χ1v) is 8.44. The van der Waals surface area contributed by atoms with E-state index in [-0.39, 0.29) is 18.1 Å². The van der Waals surface area contributed by atoms with Crippen LogP contribution in [0.25, 0.3) is 22.2 Å². The lowest BCUT2D eigenvalue weighted by Gasteiger charge is -2.10. The minimum absolute atomic E-state index is 0.119. The maximum atomic E-state index is 12.5. The van der Waals surface area contributed by atoms with Gasteiger partial charge in [0.1, 0.15) is 5.75 Å². The van der Waals surface area contributed by atoms with Gasteiger partial charge in [-0.1, -0.05) is 54.6 Å². The molecule has 0 aliphatic rings. The molecule has 4 nitrogen and oxygen atoms in total. The number of carbonyl (C=O) groups excluding carboxylic acids is 1. The van der Waals surface area contributed by atoms with Gasteiger partial charge in [-0.2, -0.15) is 0 Å². The Morgan fingerprint density at radius 1 is 0.923 bits per heavy atom. The highest BCUT2D eigenvalue weighted by molar-refractivity contribution is 5.97. The quantitative estimate of drug-likeness (QED) is 0.502. The lowest BCUT2D eigenvalue weighted by atomic mass is 10.1. The number of hydrogen-bond donors (Lipinski definition) is 3. The van der Waals surface area contributed by atoms with Crippen molar-refractivity contribution < 1.29 is 9.90 Å². The molecule has 0 aliphatic carbocycles. The summed E-state index contributed by atoms with van der Waals surface area (Å²) in [7, 11) is 0. The van der Waals surface area contributed by atoms with Crippen molar-refractivity contribution in [3.63, 3.8) is 0 Å². The molecule has 0 spiro atoms. The number of para-hydroxylation sites is 3. The Balaban J connectivity index is 1.61. The Bertz CT molecular complexity index is 1050. The molecule has 0 bridgehead atoms. The highest BCUT2D eigenvalue weighted by Crippen LogP contribution is 2.30. The molecule has 0 unspecified atom stereocenters. The van der Waals surface area contributed by atoms with Crippen LogP contribution in [0.15, 0.2) is 78.9 Å². The van der Waals surface area contributed by atoms with Crippen LogP contribution in [0.1, 0.15) is 5.56 Å². The normalized spacial score (nSPS) is 10.8. The Hall–Kier alpha value is -3.53. The first-order chi connectivity index (χ1) is 12.7. The molecule has 1 heterocycles. The van der Waals surface area contributed by atoms with Crippen LogP contribution in [0.2, 0.25) is 0 Å². The van der Waals surface area contributed by atoms with Crippen molar-refractivity contribution in [2.45, 2.75) is 6.42 Å². The monoisotopic (exact) mass is 342 g/mol. The molecule has 4 rings (SSSR count). The first-order valence-electron chi connectivity index (χ1n) is 8.44. The summed E-state index contributed by atoms with van der Waals surface area (Å²) >= 11 is 0. The number of hydrogen-bond acceptors (Lipinski definition) is 2. The summed E-state index contributed by atoms with van der Waals surface area (Å²) in [6.07, 6.45) is 0.119. The minimum Gasteiger partial charge on any atom is -0.508 e. The largest absolute Gasteiger partial charge is 0.508 e. The lowest BCUT2D eigenvalue weighted by molar-refractivity contribution is -0.115. The number of nitrogens with one attached hydrogen (secondary N) is 2. The molecule has 128 valence electrons. The molecule has 4 heteroatoms. The standard InChI is InChI=1S/C22H18N2O2/c25-21-12-6-2-8-16(21)14-22(26)24-19-11-5-3-9-17(19)20-13-15-7-1-4-10-18(15)23-20/h1-13,23,25H,14H2,(H,24,26). The summed E-state index contributed by atoms with van der Waals surface area (Å²) in [6.45, 7) is 0. The van der Waals surface area contributed by atoms with Crippen LogP contribution in [0.4, 0.5) is 5.69 Å². The van der Waals surface area contributed by atoms with E-state index in [1.165, 1.54) is 0 Å². The van der Waals surface area contributed by atoms with E-state index in [2.05, 4.69) is 22.4 Å². The Labute approximate surface area is 151 Å². The fraction of sp³-hybridized carbons (Fsp3) is 0.0455. The molecule has 0 aliphatic heterocycles. The number of fused-ring (bicyclic) bond motifs is 1. The van der Waals surface area contributed by atoms with Gasteiger partial charge in [-0.15, -0.1) is 0 Å². The van der Waals surface area contributed by atoms with Crippen molar-refractivity contribution in [2.75, 3.05) is 5.32 Å². The maximum absolute atomic E-state index is 12.5. The molecular formula is C22H18N2O2. The summed E-state index contributed by atoms with van der Waals surface area (Å²) in [5.74, 6) is -0.0402. The summed E-state index contributed by atoms with van der Waals surface area (Å²) in [5, 5.41) is 13.9. The van der Waals surface area contributed by atoms with E-state index >= 15 is 0 Å². The summed E-state index contributed by atoms with van der Waals surface area (Å²) in [5.41, 5.74) is 4.27. The molecule has 26 heavy (non-hydrogen) atoms. The molecule has 1 aromatic heterocycles. The van der Waals surface area contributed by atoms with Crippen molar-refractivity contribution >= 4 is 22.5 Å². The number of aromatic hydroxyl groups is 1. The fourth-order valence-electron chi connectivity index (χ4n) is 3.07. The second-order valence-corrected chi connectivity index (χ2v) is 6.17. The number of amides is 1. The van der Waals surface area contributed by atoms with Gasteiger partial charge in [-0.05, 0) is 24.3 Å². The number of aromatic nitrogens is 1. The minimum atomic E-state index is -0.171. The van der Waals surface area contributed by atoms with E-state index in [4.69, 9.17) is 0 Å². The van der Waals surface area contributed by atoms with Crippen molar-refractivity contribution in [1.29, 1.82) is 0 Å².